The molecule has 0 fully saturated rings. The van der Waals surface area contributed by atoms with Crippen molar-refractivity contribution in [2.45, 2.75) is 25.0 Å². The molecule has 0 spiro atoms. The van der Waals surface area contributed by atoms with Gasteiger partial charge in [-0.2, -0.15) is 0 Å². The van der Waals surface area contributed by atoms with E-state index in [1.54, 1.807) is 30.3 Å². The number of rotatable bonds is 7. The number of alkyl halides is 2. The van der Waals surface area contributed by atoms with Gasteiger partial charge in [0.1, 0.15) is 12.6 Å². The lowest BCUT2D eigenvalue weighted by atomic mass is 10.1. The lowest BCUT2D eigenvalue weighted by Gasteiger charge is -2.24. The number of amides is 1. The van der Waals surface area contributed by atoms with Gasteiger partial charge >= 0.3 is 6.09 Å². The summed E-state index contributed by atoms with van der Waals surface area (Å²) in [6.45, 7) is 2.29. The number of nitrogens with one attached hydrogen (secondary N) is 1. The van der Waals surface area contributed by atoms with Crippen molar-refractivity contribution < 1.29 is 23.4 Å². The Morgan fingerprint density at radius 1 is 1.45 bits per heavy atom. The van der Waals surface area contributed by atoms with Crippen LogP contribution in [0.25, 0.3) is 0 Å². The molecular formula is C14H17F2NO3. The van der Waals surface area contributed by atoms with Crippen molar-refractivity contribution >= 4 is 6.09 Å². The molecule has 1 amide bonds. The minimum absolute atomic E-state index is 0.0299. The molecule has 0 unspecified atom stereocenters. The van der Waals surface area contributed by atoms with E-state index in [9.17, 15) is 13.6 Å². The summed E-state index contributed by atoms with van der Waals surface area (Å²) < 4.78 is 31.8. The van der Waals surface area contributed by atoms with E-state index in [4.69, 9.17) is 9.84 Å². The summed E-state index contributed by atoms with van der Waals surface area (Å²) in [4.78, 5) is 11.4. The third kappa shape index (κ3) is 4.97. The minimum atomic E-state index is -3.28. The fourth-order valence-corrected chi connectivity index (χ4v) is 1.53. The van der Waals surface area contributed by atoms with Crippen LogP contribution in [0.3, 0.4) is 0 Å². The Bertz CT molecular complexity index is 437. The number of ether oxygens (including phenoxy) is 1. The van der Waals surface area contributed by atoms with Crippen LogP contribution < -0.4 is 5.32 Å². The minimum Gasteiger partial charge on any atom is -0.445 e. The zero-order valence-electron chi connectivity index (χ0n) is 10.9. The zero-order chi connectivity index (χ0) is 15.0. The molecule has 1 aromatic rings. The number of benzene rings is 1. The number of aliphatic hydroxyl groups excluding tert-OH is 1. The van der Waals surface area contributed by atoms with E-state index >= 15 is 0 Å². The molecule has 4 nitrogen and oxygen atoms in total. The third-order valence-corrected chi connectivity index (χ3v) is 2.61. The second-order valence-electron chi connectivity index (χ2n) is 4.20. The third-order valence-electron chi connectivity index (χ3n) is 2.61. The highest BCUT2D eigenvalue weighted by Gasteiger charge is 2.39. The van der Waals surface area contributed by atoms with Gasteiger partial charge in [0.15, 0.2) is 0 Å². The molecule has 0 bridgehead atoms. The van der Waals surface area contributed by atoms with Crippen molar-refractivity contribution in [2.75, 3.05) is 6.61 Å². The number of allylic oxidation sites excluding steroid dienone is 1. The predicted molar refractivity (Wildman–Crippen MR) is 70.4 cm³/mol. The largest absolute Gasteiger partial charge is 0.445 e. The first kappa shape index (κ1) is 16.1. The SMILES string of the molecule is C=CCC(F)(F)[C@@H](CO)NC(=O)OCc1ccccc1. The van der Waals surface area contributed by atoms with E-state index in [1.165, 1.54) is 0 Å². The van der Waals surface area contributed by atoms with E-state index in [1.807, 2.05) is 5.32 Å². The van der Waals surface area contributed by atoms with Crippen LogP contribution in [-0.2, 0) is 11.3 Å². The summed E-state index contributed by atoms with van der Waals surface area (Å²) in [7, 11) is 0. The molecule has 0 aliphatic carbocycles. The van der Waals surface area contributed by atoms with E-state index in [0.717, 1.165) is 11.6 Å². The van der Waals surface area contributed by atoms with Crippen LogP contribution >= 0.6 is 0 Å². The molecule has 6 heteroatoms. The van der Waals surface area contributed by atoms with Gasteiger partial charge in [-0.3, -0.25) is 0 Å². The molecule has 110 valence electrons. The number of aliphatic hydroxyl groups is 1. The van der Waals surface area contributed by atoms with Crippen LogP contribution in [0.4, 0.5) is 13.6 Å². The van der Waals surface area contributed by atoms with Crippen LogP contribution in [0.5, 0.6) is 0 Å². The average Bonchev–Trinajstić information content (AvgIpc) is 2.43. The van der Waals surface area contributed by atoms with E-state index < -0.39 is 31.1 Å². The Morgan fingerprint density at radius 2 is 2.10 bits per heavy atom. The fourth-order valence-electron chi connectivity index (χ4n) is 1.53. The van der Waals surface area contributed by atoms with Gasteiger partial charge < -0.3 is 15.2 Å². The summed E-state index contributed by atoms with van der Waals surface area (Å²) >= 11 is 0. The highest BCUT2D eigenvalue weighted by Crippen LogP contribution is 2.23. The standard InChI is InChI=1S/C14H17F2NO3/c1-2-8-14(15,16)12(9-18)17-13(19)20-10-11-6-4-3-5-7-11/h2-7,12,18H,1,8-10H2,(H,17,19)/t12-/m1/s1. The van der Waals surface area contributed by atoms with E-state index in [0.29, 0.717) is 0 Å². The molecule has 2 N–H and O–H groups in total. The first-order valence-corrected chi connectivity index (χ1v) is 6.06. The maximum atomic E-state index is 13.5. The van der Waals surface area contributed by atoms with Gasteiger partial charge in [-0.05, 0) is 5.56 Å². The molecule has 1 aromatic carbocycles. The van der Waals surface area contributed by atoms with Crippen LogP contribution in [0.1, 0.15) is 12.0 Å². The van der Waals surface area contributed by atoms with Gasteiger partial charge in [-0.15, -0.1) is 6.58 Å². The van der Waals surface area contributed by atoms with Crippen LogP contribution in [-0.4, -0.2) is 29.8 Å². The molecule has 1 atom stereocenters. The molecule has 0 radical (unpaired) electrons. The second-order valence-corrected chi connectivity index (χ2v) is 4.20. The van der Waals surface area contributed by atoms with Crippen molar-refractivity contribution in [3.63, 3.8) is 0 Å². The average molecular weight is 285 g/mol. The van der Waals surface area contributed by atoms with Gasteiger partial charge in [-0.1, -0.05) is 36.4 Å². The van der Waals surface area contributed by atoms with Gasteiger partial charge in [0.25, 0.3) is 5.92 Å². The van der Waals surface area contributed by atoms with Gasteiger partial charge in [0.05, 0.1) is 6.61 Å². The number of hydrogen-bond acceptors (Lipinski definition) is 3. The molecular weight excluding hydrogens is 268 g/mol. The highest BCUT2D eigenvalue weighted by atomic mass is 19.3. The van der Waals surface area contributed by atoms with Crippen molar-refractivity contribution in [1.82, 2.24) is 5.32 Å². The molecule has 0 saturated heterocycles. The topological polar surface area (TPSA) is 58.6 Å². The lowest BCUT2D eigenvalue weighted by Crippen LogP contribution is -2.49. The van der Waals surface area contributed by atoms with Crippen LogP contribution in [0.15, 0.2) is 43.0 Å². The lowest BCUT2D eigenvalue weighted by molar-refractivity contribution is -0.0495. The Labute approximate surface area is 116 Å². The number of carbonyl (C=O) groups excluding carboxylic acids is 1. The molecule has 0 aromatic heterocycles. The monoisotopic (exact) mass is 285 g/mol. The normalized spacial score (nSPS) is 12.6. The smallest absolute Gasteiger partial charge is 0.407 e. The Morgan fingerprint density at radius 3 is 2.65 bits per heavy atom. The molecule has 20 heavy (non-hydrogen) atoms. The number of carbonyl (C=O) groups is 1. The number of halogens is 2. The maximum absolute atomic E-state index is 13.5. The Hall–Kier alpha value is -1.95. The molecule has 0 heterocycles. The van der Waals surface area contributed by atoms with Crippen molar-refractivity contribution in [2.24, 2.45) is 0 Å². The van der Waals surface area contributed by atoms with Crippen LogP contribution in [0, 0.1) is 0 Å². The van der Waals surface area contributed by atoms with Gasteiger partial charge in [-0.25, -0.2) is 13.6 Å². The summed E-state index contributed by atoms with van der Waals surface area (Å²) in [5, 5.41) is 10.9. The quantitative estimate of drug-likeness (QED) is 0.757. The van der Waals surface area contributed by atoms with Crippen LogP contribution in [0.2, 0.25) is 0 Å². The first-order valence-electron chi connectivity index (χ1n) is 6.06. The van der Waals surface area contributed by atoms with E-state index in [-0.39, 0.29) is 6.61 Å². The predicted octanol–water partition coefficient (Wildman–Crippen LogP) is 2.49. The molecule has 0 aliphatic rings. The number of hydrogen-bond donors (Lipinski definition) is 2. The van der Waals surface area contributed by atoms with E-state index in [2.05, 4.69) is 6.58 Å². The maximum Gasteiger partial charge on any atom is 0.407 e. The number of alkyl carbamates (subject to hydrolysis) is 1. The second kappa shape index (κ2) is 7.59. The summed E-state index contributed by atoms with van der Waals surface area (Å²) in [6, 6.07) is 7.12. The van der Waals surface area contributed by atoms with Gasteiger partial charge in [0.2, 0.25) is 0 Å². The van der Waals surface area contributed by atoms with Crippen molar-refractivity contribution in [3.8, 4) is 0 Å². The highest BCUT2D eigenvalue weighted by molar-refractivity contribution is 5.67. The van der Waals surface area contributed by atoms with Crippen molar-refractivity contribution in [3.05, 3.63) is 48.6 Å². The summed E-state index contributed by atoms with van der Waals surface area (Å²) in [5.41, 5.74) is 0.737. The Kier molecular flexibility index (Phi) is 6.11. The van der Waals surface area contributed by atoms with Gasteiger partial charge in [0, 0.05) is 6.42 Å². The molecule has 0 aliphatic heterocycles. The molecule has 1 rings (SSSR count). The fraction of sp³-hybridized carbons (Fsp3) is 0.357. The summed E-state index contributed by atoms with van der Waals surface area (Å²) in [6.07, 6.45) is -0.617. The summed E-state index contributed by atoms with van der Waals surface area (Å²) in [5.74, 6) is -3.28. The first-order chi connectivity index (χ1) is 9.49. The Balaban J connectivity index is 2.49. The zero-order valence-corrected chi connectivity index (χ0v) is 10.9. The van der Waals surface area contributed by atoms with Crippen molar-refractivity contribution in [1.29, 1.82) is 0 Å². The molecule has 0 saturated carbocycles.